The Labute approximate surface area is 133 Å². The number of hydrogen-bond acceptors (Lipinski definition) is 2. The standard InChI is InChI=1S/C17H28N4O/c1-3-12-19-16(22)14-21-17(18-4-2)20-13-8-11-15-9-6-5-7-10-15/h5-7,9-10H,3-4,8,11-14H2,1-2H3,(H,19,22)(H2,18,20,21). The fourth-order valence-electron chi connectivity index (χ4n) is 1.96. The molecule has 5 nitrogen and oxygen atoms in total. The van der Waals surface area contributed by atoms with Gasteiger partial charge in [-0.1, -0.05) is 37.3 Å². The highest BCUT2D eigenvalue weighted by atomic mass is 16.1. The summed E-state index contributed by atoms with van der Waals surface area (Å²) in [7, 11) is 0. The summed E-state index contributed by atoms with van der Waals surface area (Å²) in [6, 6.07) is 10.4. The van der Waals surface area contributed by atoms with Crippen LogP contribution in [-0.2, 0) is 11.2 Å². The maximum atomic E-state index is 11.6. The SMILES string of the molecule is CCCNC(=O)CN=C(NCC)NCCCc1ccccc1. The summed E-state index contributed by atoms with van der Waals surface area (Å²) in [6.07, 6.45) is 2.99. The lowest BCUT2D eigenvalue weighted by Gasteiger charge is -2.11. The average Bonchev–Trinajstić information content (AvgIpc) is 2.55. The van der Waals surface area contributed by atoms with E-state index in [4.69, 9.17) is 0 Å². The molecule has 0 atom stereocenters. The van der Waals surface area contributed by atoms with Crippen molar-refractivity contribution in [2.24, 2.45) is 4.99 Å². The highest BCUT2D eigenvalue weighted by Crippen LogP contribution is 2.01. The first-order chi connectivity index (χ1) is 10.8. The van der Waals surface area contributed by atoms with Crippen LogP contribution in [-0.4, -0.2) is 38.0 Å². The van der Waals surface area contributed by atoms with Crippen molar-refractivity contribution in [1.82, 2.24) is 16.0 Å². The Hall–Kier alpha value is -2.04. The Morgan fingerprint density at radius 1 is 1.05 bits per heavy atom. The minimum atomic E-state index is -0.0386. The molecule has 0 aliphatic heterocycles. The van der Waals surface area contributed by atoms with Gasteiger partial charge < -0.3 is 16.0 Å². The molecule has 0 spiro atoms. The van der Waals surface area contributed by atoms with Crippen LogP contribution in [0, 0.1) is 0 Å². The second-order valence-electron chi connectivity index (χ2n) is 5.06. The molecule has 122 valence electrons. The van der Waals surface area contributed by atoms with Crippen molar-refractivity contribution in [1.29, 1.82) is 0 Å². The van der Waals surface area contributed by atoms with E-state index in [-0.39, 0.29) is 12.5 Å². The first-order valence-electron chi connectivity index (χ1n) is 8.09. The largest absolute Gasteiger partial charge is 0.357 e. The zero-order chi connectivity index (χ0) is 16.0. The summed E-state index contributed by atoms with van der Waals surface area (Å²) in [5.41, 5.74) is 1.34. The van der Waals surface area contributed by atoms with E-state index in [2.05, 4.69) is 45.2 Å². The highest BCUT2D eigenvalue weighted by molar-refractivity contribution is 5.84. The third-order valence-electron chi connectivity index (χ3n) is 3.07. The van der Waals surface area contributed by atoms with E-state index in [9.17, 15) is 4.79 Å². The van der Waals surface area contributed by atoms with Crippen LogP contribution in [0.25, 0.3) is 0 Å². The van der Waals surface area contributed by atoms with Gasteiger partial charge in [0.05, 0.1) is 0 Å². The van der Waals surface area contributed by atoms with E-state index in [1.807, 2.05) is 19.9 Å². The van der Waals surface area contributed by atoms with Crippen LogP contribution in [0.2, 0.25) is 0 Å². The van der Waals surface area contributed by atoms with Crippen LogP contribution in [0.3, 0.4) is 0 Å². The Kier molecular flexibility index (Phi) is 9.50. The molecule has 0 fully saturated rings. The molecule has 1 aromatic carbocycles. The number of amides is 1. The molecule has 0 heterocycles. The molecule has 0 saturated carbocycles. The number of nitrogens with one attached hydrogen (secondary N) is 3. The van der Waals surface area contributed by atoms with Gasteiger partial charge in [-0.3, -0.25) is 4.79 Å². The summed E-state index contributed by atoms with van der Waals surface area (Å²) in [6.45, 7) is 6.52. The van der Waals surface area contributed by atoms with Gasteiger partial charge in [-0.2, -0.15) is 0 Å². The highest BCUT2D eigenvalue weighted by Gasteiger charge is 2.01. The van der Waals surface area contributed by atoms with Crippen LogP contribution in [0.1, 0.15) is 32.3 Å². The Morgan fingerprint density at radius 3 is 2.50 bits per heavy atom. The van der Waals surface area contributed by atoms with E-state index < -0.39 is 0 Å². The minimum absolute atomic E-state index is 0.0386. The molecule has 0 bridgehead atoms. The first kappa shape index (κ1) is 18.0. The smallest absolute Gasteiger partial charge is 0.241 e. The normalized spacial score (nSPS) is 11.1. The van der Waals surface area contributed by atoms with Crippen LogP contribution < -0.4 is 16.0 Å². The molecule has 0 aliphatic rings. The third-order valence-corrected chi connectivity index (χ3v) is 3.07. The maximum Gasteiger partial charge on any atom is 0.241 e. The first-order valence-corrected chi connectivity index (χ1v) is 8.09. The molecular weight excluding hydrogens is 276 g/mol. The summed E-state index contributed by atoms with van der Waals surface area (Å²) in [5, 5.41) is 9.23. The molecule has 0 unspecified atom stereocenters. The number of carbonyl (C=O) groups excluding carboxylic acids is 1. The van der Waals surface area contributed by atoms with Gasteiger partial charge >= 0.3 is 0 Å². The van der Waals surface area contributed by atoms with Crippen molar-refractivity contribution < 1.29 is 4.79 Å². The molecule has 1 amide bonds. The summed E-state index contributed by atoms with van der Waals surface area (Å²) in [4.78, 5) is 15.8. The zero-order valence-corrected chi connectivity index (χ0v) is 13.7. The van der Waals surface area contributed by atoms with Crippen molar-refractivity contribution in [2.45, 2.75) is 33.1 Å². The van der Waals surface area contributed by atoms with Gasteiger partial charge in [0.2, 0.25) is 5.91 Å². The van der Waals surface area contributed by atoms with Crippen LogP contribution in [0.4, 0.5) is 0 Å². The number of carbonyl (C=O) groups is 1. The van der Waals surface area contributed by atoms with Crippen LogP contribution in [0.5, 0.6) is 0 Å². The zero-order valence-electron chi connectivity index (χ0n) is 13.7. The summed E-state index contributed by atoms with van der Waals surface area (Å²) < 4.78 is 0. The molecular formula is C17H28N4O. The summed E-state index contributed by atoms with van der Waals surface area (Å²) in [5.74, 6) is 0.658. The third kappa shape index (κ3) is 8.29. The van der Waals surface area contributed by atoms with Gasteiger partial charge in [-0.05, 0) is 31.7 Å². The Bertz CT molecular complexity index is 445. The van der Waals surface area contributed by atoms with Crippen LogP contribution >= 0.6 is 0 Å². The Morgan fingerprint density at radius 2 is 1.82 bits per heavy atom. The molecule has 0 aromatic heterocycles. The summed E-state index contributed by atoms with van der Waals surface area (Å²) >= 11 is 0. The Balaban J connectivity index is 2.29. The molecule has 3 N–H and O–H groups in total. The van der Waals surface area contributed by atoms with E-state index in [1.165, 1.54) is 5.56 Å². The second kappa shape index (κ2) is 11.6. The van der Waals surface area contributed by atoms with Crippen molar-refractivity contribution >= 4 is 11.9 Å². The minimum Gasteiger partial charge on any atom is -0.357 e. The van der Waals surface area contributed by atoms with Gasteiger partial charge in [0.1, 0.15) is 6.54 Å². The molecule has 0 aliphatic carbocycles. The number of benzene rings is 1. The van der Waals surface area contributed by atoms with Crippen molar-refractivity contribution in [3.8, 4) is 0 Å². The number of aliphatic imine (C=N–C) groups is 1. The van der Waals surface area contributed by atoms with E-state index in [0.717, 1.165) is 32.4 Å². The van der Waals surface area contributed by atoms with Crippen molar-refractivity contribution in [3.63, 3.8) is 0 Å². The van der Waals surface area contributed by atoms with E-state index in [0.29, 0.717) is 12.5 Å². The maximum absolute atomic E-state index is 11.6. The molecule has 1 aromatic rings. The molecule has 0 radical (unpaired) electrons. The number of rotatable bonds is 9. The lowest BCUT2D eigenvalue weighted by molar-refractivity contribution is -0.119. The van der Waals surface area contributed by atoms with Gasteiger partial charge in [0.15, 0.2) is 5.96 Å². The molecule has 1 rings (SSSR count). The predicted octanol–water partition coefficient (Wildman–Crippen LogP) is 1.70. The topological polar surface area (TPSA) is 65.5 Å². The monoisotopic (exact) mass is 304 g/mol. The van der Waals surface area contributed by atoms with E-state index >= 15 is 0 Å². The van der Waals surface area contributed by atoms with E-state index in [1.54, 1.807) is 0 Å². The second-order valence-corrected chi connectivity index (χ2v) is 5.06. The average molecular weight is 304 g/mol. The van der Waals surface area contributed by atoms with Gasteiger partial charge in [-0.15, -0.1) is 0 Å². The quantitative estimate of drug-likeness (QED) is 0.370. The van der Waals surface area contributed by atoms with Gasteiger partial charge in [-0.25, -0.2) is 4.99 Å². The van der Waals surface area contributed by atoms with Gasteiger partial charge in [0, 0.05) is 19.6 Å². The predicted molar refractivity (Wildman–Crippen MR) is 92.0 cm³/mol. The fraction of sp³-hybridized carbons (Fsp3) is 0.529. The van der Waals surface area contributed by atoms with Crippen LogP contribution in [0.15, 0.2) is 35.3 Å². The number of hydrogen-bond donors (Lipinski definition) is 3. The number of guanidine groups is 1. The van der Waals surface area contributed by atoms with Crippen molar-refractivity contribution in [2.75, 3.05) is 26.2 Å². The lowest BCUT2D eigenvalue weighted by atomic mass is 10.1. The lowest BCUT2D eigenvalue weighted by Crippen LogP contribution is -2.39. The molecule has 5 heteroatoms. The molecule has 22 heavy (non-hydrogen) atoms. The molecule has 0 saturated heterocycles. The number of nitrogens with zero attached hydrogens (tertiary/aromatic N) is 1. The van der Waals surface area contributed by atoms with Crippen molar-refractivity contribution in [3.05, 3.63) is 35.9 Å². The van der Waals surface area contributed by atoms with Gasteiger partial charge in [0.25, 0.3) is 0 Å². The fourth-order valence-corrected chi connectivity index (χ4v) is 1.96. The number of aryl methyl sites for hydroxylation is 1.